The van der Waals surface area contributed by atoms with E-state index < -0.39 is 97.5 Å². The first kappa shape index (κ1) is 78.1. The molecule has 17 nitrogen and oxygen atoms in total. The van der Waals surface area contributed by atoms with Crippen molar-refractivity contribution in [1.29, 1.82) is 0 Å². The molecule has 0 heterocycles. The van der Waals surface area contributed by atoms with Gasteiger partial charge in [0.05, 0.1) is 26.4 Å². The van der Waals surface area contributed by atoms with Crippen molar-refractivity contribution >= 4 is 39.5 Å². The molecule has 0 aliphatic heterocycles. The zero-order chi connectivity index (χ0) is 59.5. The Labute approximate surface area is 486 Å². The van der Waals surface area contributed by atoms with Crippen LogP contribution in [0.4, 0.5) is 0 Å². The van der Waals surface area contributed by atoms with E-state index in [0.29, 0.717) is 25.7 Å². The van der Waals surface area contributed by atoms with Gasteiger partial charge in [0.1, 0.15) is 19.3 Å². The molecule has 474 valence electrons. The van der Waals surface area contributed by atoms with Crippen molar-refractivity contribution in [3.63, 3.8) is 0 Å². The van der Waals surface area contributed by atoms with Crippen molar-refractivity contribution in [2.24, 2.45) is 17.8 Å². The van der Waals surface area contributed by atoms with E-state index in [9.17, 15) is 43.2 Å². The zero-order valence-corrected chi connectivity index (χ0v) is 53.3. The molecule has 0 aromatic carbocycles. The van der Waals surface area contributed by atoms with Crippen LogP contribution in [0.25, 0.3) is 0 Å². The minimum atomic E-state index is -4.94. The largest absolute Gasteiger partial charge is 0.472 e. The molecule has 3 N–H and O–H groups in total. The normalized spacial score (nSPS) is 14.8. The van der Waals surface area contributed by atoms with Gasteiger partial charge in [-0.25, -0.2) is 9.13 Å². The molecule has 0 aliphatic rings. The molecule has 0 saturated carbocycles. The number of rotatable bonds is 59. The number of phosphoric acid groups is 2. The molecule has 80 heavy (non-hydrogen) atoms. The molecule has 0 aromatic rings. The summed E-state index contributed by atoms with van der Waals surface area (Å²) >= 11 is 0. The van der Waals surface area contributed by atoms with Crippen molar-refractivity contribution in [3.8, 4) is 0 Å². The fraction of sp³-hybridized carbons (Fsp3) is 0.934. The summed E-state index contributed by atoms with van der Waals surface area (Å²) in [5, 5.41) is 10.5. The number of carbonyl (C=O) groups excluding carboxylic acids is 4. The summed E-state index contributed by atoms with van der Waals surface area (Å²) in [6, 6.07) is 0. The summed E-state index contributed by atoms with van der Waals surface area (Å²) in [5.74, 6) is 0.0591. The third-order valence-corrected chi connectivity index (χ3v) is 16.1. The van der Waals surface area contributed by atoms with Crippen molar-refractivity contribution in [3.05, 3.63) is 0 Å². The lowest BCUT2D eigenvalue weighted by Gasteiger charge is -2.21. The van der Waals surface area contributed by atoms with Crippen LogP contribution in [0.1, 0.15) is 292 Å². The van der Waals surface area contributed by atoms with Gasteiger partial charge in [-0.3, -0.25) is 37.3 Å². The highest BCUT2D eigenvalue weighted by atomic mass is 31.2. The van der Waals surface area contributed by atoms with Gasteiger partial charge < -0.3 is 33.8 Å². The van der Waals surface area contributed by atoms with Crippen molar-refractivity contribution < 1.29 is 80.2 Å². The molecule has 6 atom stereocenters. The highest BCUT2D eigenvalue weighted by molar-refractivity contribution is 7.47. The van der Waals surface area contributed by atoms with E-state index in [0.717, 1.165) is 114 Å². The maximum absolute atomic E-state index is 12.9. The molecule has 19 heteroatoms. The van der Waals surface area contributed by atoms with Crippen LogP contribution in [-0.4, -0.2) is 96.7 Å². The average molecular weight is 1190 g/mol. The number of phosphoric ester groups is 2. The van der Waals surface area contributed by atoms with Gasteiger partial charge in [-0.05, 0) is 43.4 Å². The number of carbonyl (C=O) groups is 4. The standard InChI is InChI=1S/C61H118O17P2/c1-8-10-11-25-35-42-58(63)71-48-56(78-61(66)45-38-31-24-23-28-34-41-54(7)9-2)50-75-79(67,68)73-46-55(62)47-74-80(69,70)76-51-57(49-72-59(64)43-36-29-21-18-17-20-27-33-40-53(5)6)77-60(65)44-37-30-22-16-14-12-13-15-19-26-32-39-52(3)4/h52-57,62H,8-51H2,1-7H3,(H,67,68)(H,69,70)/t54?,55-,56+,57+/m0/s1. The maximum atomic E-state index is 12.9. The van der Waals surface area contributed by atoms with E-state index in [1.54, 1.807) is 0 Å². The van der Waals surface area contributed by atoms with Crippen LogP contribution in [0, 0.1) is 17.8 Å². The van der Waals surface area contributed by atoms with E-state index in [2.05, 4.69) is 48.5 Å². The minimum absolute atomic E-state index is 0.101. The first-order chi connectivity index (χ1) is 38.3. The Bertz CT molecular complexity index is 1600. The highest BCUT2D eigenvalue weighted by Gasteiger charge is 2.30. The molecule has 3 unspecified atom stereocenters. The predicted molar refractivity (Wildman–Crippen MR) is 317 cm³/mol. The number of unbranched alkanes of at least 4 members (excludes halogenated alkanes) is 26. The summed E-state index contributed by atoms with van der Waals surface area (Å²) < 4.78 is 67.7. The SMILES string of the molecule is CCCCCCCC(=O)OC[C@H](COP(=O)(O)OC[C@H](O)COP(=O)(O)OC[C@@H](COC(=O)CCCCCCCCCCC(C)C)OC(=O)CCCCCCCCCCCCCC(C)C)OC(=O)CCCCCCCCC(C)CC. The summed E-state index contributed by atoms with van der Waals surface area (Å²) in [6.07, 6.45) is 32.5. The van der Waals surface area contributed by atoms with Gasteiger partial charge in [-0.1, -0.05) is 241 Å². The second-order valence-corrected chi connectivity index (χ2v) is 26.2. The van der Waals surface area contributed by atoms with Crippen LogP contribution in [0.15, 0.2) is 0 Å². The average Bonchev–Trinajstić information content (AvgIpc) is 3.41. The zero-order valence-electron chi connectivity index (χ0n) is 51.5. The van der Waals surface area contributed by atoms with Gasteiger partial charge in [-0.2, -0.15) is 0 Å². The molecule has 0 fully saturated rings. The van der Waals surface area contributed by atoms with Gasteiger partial charge in [0.15, 0.2) is 12.2 Å². The van der Waals surface area contributed by atoms with Crippen molar-refractivity contribution in [1.82, 2.24) is 0 Å². The fourth-order valence-corrected chi connectivity index (χ4v) is 10.5. The van der Waals surface area contributed by atoms with Crippen LogP contribution in [0.3, 0.4) is 0 Å². The first-order valence-corrected chi connectivity index (χ1v) is 34.9. The lowest BCUT2D eigenvalue weighted by molar-refractivity contribution is -0.161. The summed E-state index contributed by atoms with van der Waals surface area (Å²) in [6.45, 7) is 11.6. The quantitative estimate of drug-likeness (QED) is 0.0222. The number of hydrogen-bond acceptors (Lipinski definition) is 15. The molecule has 0 rings (SSSR count). The molecular weight excluding hydrogens is 1070 g/mol. The number of esters is 4. The smallest absolute Gasteiger partial charge is 0.462 e. The molecule has 0 bridgehead atoms. The Kier molecular flexibility index (Phi) is 51.3. The Morgan fingerprint density at radius 2 is 0.637 bits per heavy atom. The van der Waals surface area contributed by atoms with E-state index in [-0.39, 0.29) is 25.7 Å². The molecule has 0 aromatic heterocycles. The second kappa shape index (κ2) is 52.6. The van der Waals surface area contributed by atoms with E-state index in [1.165, 1.54) is 96.3 Å². The van der Waals surface area contributed by atoms with E-state index >= 15 is 0 Å². The third-order valence-electron chi connectivity index (χ3n) is 14.2. The highest BCUT2D eigenvalue weighted by Crippen LogP contribution is 2.45. The molecular formula is C61H118O17P2. The van der Waals surface area contributed by atoms with E-state index in [4.69, 9.17) is 37.0 Å². The topological polar surface area (TPSA) is 237 Å². The number of aliphatic hydroxyl groups is 1. The van der Waals surface area contributed by atoms with Gasteiger partial charge in [0.2, 0.25) is 0 Å². The molecule has 0 amide bonds. The van der Waals surface area contributed by atoms with Crippen LogP contribution >= 0.6 is 15.6 Å². The monoisotopic (exact) mass is 1180 g/mol. The van der Waals surface area contributed by atoms with Gasteiger partial charge in [0.25, 0.3) is 0 Å². The lowest BCUT2D eigenvalue weighted by Crippen LogP contribution is -2.30. The van der Waals surface area contributed by atoms with Crippen LogP contribution in [0.5, 0.6) is 0 Å². The number of ether oxygens (including phenoxy) is 4. The molecule has 0 saturated heterocycles. The third kappa shape index (κ3) is 54.0. The minimum Gasteiger partial charge on any atom is -0.462 e. The predicted octanol–water partition coefficient (Wildman–Crippen LogP) is 16.3. The lowest BCUT2D eigenvalue weighted by atomic mass is 10.00. The number of hydrogen-bond donors (Lipinski definition) is 3. The van der Waals surface area contributed by atoms with Crippen LogP contribution in [-0.2, 0) is 65.4 Å². The summed E-state index contributed by atoms with van der Waals surface area (Å²) in [5.41, 5.74) is 0. The molecule has 0 aliphatic carbocycles. The number of aliphatic hydroxyl groups excluding tert-OH is 1. The fourth-order valence-electron chi connectivity index (χ4n) is 8.92. The van der Waals surface area contributed by atoms with Gasteiger partial charge in [0, 0.05) is 25.7 Å². The van der Waals surface area contributed by atoms with Crippen LogP contribution in [0.2, 0.25) is 0 Å². The maximum Gasteiger partial charge on any atom is 0.472 e. The summed E-state index contributed by atoms with van der Waals surface area (Å²) in [4.78, 5) is 71.8. The Morgan fingerprint density at radius 1 is 0.362 bits per heavy atom. The van der Waals surface area contributed by atoms with Gasteiger partial charge >= 0.3 is 39.5 Å². The Morgan fingerprint density at radius 3 is 0.950 bits per heavy atom. The van der Waals surface area contributed by atoms with Crippen LogP contribution < -0.4 is 0 Å². The Hall–Kier alpha value is -1.94. The second-order valence-electron chi connectivity index (χ2n) is 23.3. The van der Waals surface area contributed by atoms with E-state index in [1.807, 2.05) is 0 Å². The van der Waals surface area contributed by atoms with Crippen molar-refractivity contribution in [2.45, 2.75) is 311 Å². The molecule has 0 spiro atoms. The molecule has 0 radical (unpaired) electrons. The van der Waals surface area contributed by atoms with Gasteiger partial charge in [-0.15, -0.1) is 0 Å². The Balaban J connectivity index is 5.19. The first-order valence-electron chi connectivity index (χ1n) is 31.9. The summed E-state index contributed by atoms with van der Waals surface area (Å²) in [7, 11) is -9.87. The van der Waals surface area contributed by atoms with Crippen molar-refractivity contribution in [2.75, 3.05) is 39.6 Å².